The molecule has 0 radical (unpaired) electrons. The smallest absolute Gasteiger partial charge is 0.249 e. The van der Waals surface area contributed by atoms with E-state index < -0.39 is 0 Å². The van der Waals surface area contributed by atoms with E-state index in [0.29, 0.717) is 5.56 Å². The van der Waals surface area contributed by atoms with Crippen LogP contribution in [0.5, 0.6) is 0 Å². The van der Waals surface area contributed by atoms with Crippen molar-refractivity contribution in [3.8, 4) is 0 Å². The number of hydrogen-bond acceptors (Lipinski definition) is 3. The number of hydrogen-bond donors (Lipinski definition) is 1. The van der Waals surface area contributed by atoms with Crippen LogP contribution in [0.15, 0.2) is 146 Å². The van der Waals surface area contributed by atoms with E-state index in [1.165, 1.54) is 0 Å². The van der Waals surface area contributed by atoms with Crippen LogP contribution in [0.1, 0.15) is 21.5 Å². The summed E-state index contributed by atoms with van der Waals surface area (Å²) < 4.78 is 1.93. The zero-order valence-electron chi connectivity index (χ0n) is 20.6. The number of aliphatic hydroxyl groups is 1. The van der Waals surface area contributed by atoms with Gasteiger partial charge in [-0.2, -0.15) is 4.24 Å². The molecule has 2 heterocycles. The summed E-state index contributed by atoms with van der Waals surface area (Å²) in [5, 5.41) is 13.7. The predicted molar refractivity (Wildman–Crippen MR) is 149 cm³/mol. The maximum Gasteiger partial charge on any atom is 0.249 e. The van der Waals surface area contributed by atoms with Gasteiger partial charge in [-0.25, -0.2) is 0 Å². The lowest BCUT2D eigenvalue weighted by molar-refractivity contribution is -0.517. The molecule has 6 rings (SSSR count). The van der Waals surface area contributed by atoms with Crippen molar-refractivity contribution in [2.45, 2.75) is 0 Å². The number of fused-ring (bicyclic) bond motifs is 2. The molecule has 0 bridgehead atoms. The molecule has 0 unspecified atom stereocenters. The molecule has 0 spiro atoms. The van der Waals surface area contributed by atoms with Gasteiger partial charge in [0.15, 0.2) is 6.20 Å². The minimum atomic E-state index is -0.0432. The van der Waals surface area contributed by atoms with Crippen LogP contribution in [-0.4, -0.2) is 15.8 Å². The summed E-state index contributed by atoms with van der Waals surface area (Å²) in [6.45, 7) is 0. The zero-order chi connectivity index (χ0) is 25.9. The highest BCUT2D eigenvalue weighted by Crippen LogP contribution is 2.22. The molecule has 182 valence electrons. The number of allylic oxidation sites excluding steroid dienone is 4. The third-order valence-electron chi connectivity index (χ3n) is 6.63. The van der Waals surface area contributed by atoms with E-state index in [1.807, 2.05) is 119 Å². The first-order valence-electron chi connectivity index (χ1n) is 12.4. The first-order valence-corrected chi connectivity index (χ1v) is 12.4. The van der Waals surface area contributed by atoms with Crippen LogP contribution in [0.2, 0.25) is 0 Å². The van der Waals surface area contributed by atoms with Crippen LogP contribution in [0, 0.1) is 16.8 Å². The average Bonchev–Trinajstić information content (AvgIpc) is 3.29. The number of aromatic nitrogens is 1. The monoisotopic (exact) mass is 493 g/mol. The second-order valence-corrected chi connectivity index (χ2v) is 9.10. The highest BCUT2D eigenvalue weighted by molar-refractivity contribution is 6.00. The summed E-state index contributed by atoms with van der Waals surface area (Å²) >= 11 is 0. The molecular weight excluding hydrogens is 468 g/mol. The molecule has 1 N–H and O–H groups in total. The van der Waals surface area contributed by atoms with Crippen molar-refractivity contribution >= 4 is 17.1 Å². The second-order valence-electron chi connectivity index (χ2n) is 9.10. The predicted octanol–water partition coefficient (Wildman–Crippen LogP) is 5.49. The van der Waals surface area contributed by atoms with E-state index in [4.69, 9.17) is 0 Å². The van der Waals surface area contributed by atoms with Gasteiger partial charge in [0.25, 0.3) is 0 Å². The number of rotatable bonds is 5. The summed E-state index contributed by atoms with van der Waals surface area (Å²) in [6.07, 6.45) is 15.3. The molecule has 2 aliphatic rings. The normalized spacial score (nSPS) is 14.5. The standard InChI is InChI=1S/C34H24N2O2/c37-32(26-10-3-1-4-11-26)23-35-20-17-25(18-21-35)22-31-28-14-7-8-15-29(28)34-30(31)16-9-19-36(34)24-33(38)27-12-5-2-6-13-27/h1-24H/p+1. The number of ketones is 1. The summed E-state index contributed by atoms with van der Waals surface area (Å²) in [5.74, 6) is 0.157. The fourth-order valence-corrected chi connectivity index (χ4v) is 4.79. The van der Waals surface area contributed by atoms with Gasteiger partial charge in [-0.3, -0.25) is 4.79 Å². The van der Waals surface area contributed by atoms with Gasteiger partial charge in [0.05, 0.1) is 17.0 Å². The summed E-state index contributed by atoms with van der Waals surface area (Å²) in [7, 11) is 0. The largest absolute Gasteiger partial charge is 0.506 e. The van der Waals surface area contributed by atoms with Gasteiger partial charge in [0.1, 0.15) is 5.76 Å². The van der Waals surface area contributed by atoms with Crippen LogP contribution in [-0.2, 0) is 0 Å². The van der Waals surface area contributed by atoms with E-state index >= 15 is 0 Å². The number of carbonyl (C=O) groups is 1. The number of carbonyl (C=O) groups excluding carboxylic acids is 1. The molecule has 0 amide bonds. The van der Waals surface area contributed by atoms with Crippen LogP contribution in [0.3, 0.4) is 0 Å². The van der Waals surface area contributed by atoms with Crippen molar-refractivity contribution in [2.24, 2.45) is 0 Å². The van der Waals surface area contributed by atoms with Gasteiger partial charge in [-0.15, -0.1) is 0 Å². The molecule has 0 fully saturated rings. The maximum atomic E-state index is 13.0. The lowest BCUT2D eigenvalue weighted by atomic mass is 10.0. The Balaban J connectivity index is 1.37. The number of pyridine rings is 1. The number of nitrogens with zero attached hydrogens (tertiary/aromatic N) is 2. The molecule has 38 heavy (non-hydrogen) atoms. The number of aliphatic hydroxyl groups excluding tert-OH is 1. The first-order chi connectivity index (χ1) is 18.7. The highest BCUT2D eigenvalue weighted by atomic mass is 16.3. The van der Waals surface area contributed by atoms with Gasteiger partial charge in [-0.05, 0) is 46.7 Å². The third kappa shape index (κ3) is 4.51. The molecule has 1 aromatic heterocycles. The van der Waals surface area contributed by atoms with Crippen molar-refractivity contribution < 1.29 is 14.1 Å². The first kappa shape index (κ1) is 23.2. The van der Waals surface area contributed by atoms with Crippen molar-refractivity contribution in [1.29, 1.82) is 0 Å². The molecule has 0 saturated heterocycles. The highest BCUT2D eigenvalue weighted by Gasteiger charge is 2.18. The maximum absolute atomic E-state index is 13.0. The Morgan fingerprint density at radius 1 is 0.737 bits per heavy atom. The van der Waals surface area contributed by atoms with Crippen LogP contribution in [0.4, 0.5) is 0 Å². The lowest BCUT2D eigenvalue weighted by Gasteiger charge is -2.15. The minimum absolute atomic E-state index is 0.0432. The number of benzene rings is 3. The Morgan fingerprint density at radius 3 is 2.08 bits per heavy atom. The lowest BCUT2D eigenvalue weighted by Crippen LogP contribution is -2.23. The fraction of sp³-hybridized carbons (Fsp3) is 0. The van der Waals surface area contributed by atoms with Crippen molar-refractivity contribution in [3.63, 3.8) is 0 Å². The van der Waals surface area contributed by atoms with Gasteiger partial charge in [0.2, 0.25) is 17.3 Å². The molecule has 1 aliphatic carbocycles. The summed E-state index contributed by atoms with van der Waals surface area (Å²) in [4.78, 5) is 14.8. The molecular formula is C34H25N2O2+. The van der Waals surface area contributed by atoms with Crippen LogP contribution in [0.25, 0.3) is 11.3 Å². The third-order valence-corrected chi connectivity index (χ3v) is 6.63. The molecule has 4 heteroatoms. The Hall–Kier alpha value is -5.22. The van der Waals surface area contributed by atoms with Crippen molar-refractivity contribution in [3.05, 3.63) is 184 Å². The average molecular weight is 494 g/mol. The van der Waals surface area contributed by atoms with Crippen molar-refractivity contribution in [1.82, 2.24) is 4.90 Å². The molecule has 4 nitrogen and oxygen atoms in total. The quantitative estimate of drug-likeness (QED) is 0.227. The van der Waals surface area contributed by atoms with E-state index in [-0.39, 0.29) is 11.5 Å². The van der Waals surface area contributed by atoms with E-state index in [1.54, 1.807) is 12.4 Å². The SMILES string of the molecule is O=C(C=[n+]1cccc2c1=c1ccccc1=C2C=C1C=CN(C=C(O)c2ccccc2)C=C1)c1ccccc1. The molecule has 0 saturated carbocycles. The molecule has 0 atom stereocenters. The van der Waals surface area contributed by atoms with Gasteiger partial charge >= 0.3 is 0 Å². The van der Waals surface area contributed by atoms with E-state index in [2.05, 4.69) is 24.3 Å². The second kappa shape index (κ2) is 10.0. The zero-order valence-corrected chi connectivity index (χ0v) is 20.6. The number of Topliss-reactive ketones (excluding diaryl/α,β-unsaturated/α-hetero) is 1. The molecule has 1 aliphatic heterocycles. The minimum Gasteiger partial charge on any atom is -0.506 e. The Morgan fingerprint density at radius 2 is 1.37 bits per heavy atom. The summed E-state index contributed by atoms with van der Waals surface area (Å²) in [5.41, 5.74) is 4.63. The van der Waals surface area contributed by atoms with Crippen LogP contribution >= 0.6 is 0 Å². The Labute approximate surface area is 220 Å². The Bertz CT molecular complexity index is 1870. The van der Waals surface area contributed by atoms with Crippen molar-refractivity contribution in [2.75, 3.05) is 0 Å². The molecule has 3 aromatic carbocycles. The fourth-order valence-electron chi connectivity index (χ4n) is 4.79. The van der Waals surface area contributed by atoms with Gasteiger partial charge < -0.3 is 10.0 Å². The summed E-state index contributed by atoms with van der Waals surface area (Å²) in [6, 6.07) is 31.1. The van der Waals surface area contributed by atoms with Crippen LogP contribution < -0.4 is 9.46 Å². The van der Waals surface area contributed by atoms with E-state index in [0.717, 1.165) is 38.1 Å². The van der Waals surface area contributed by atoms with E-state index in [9.17, 15) is 9.90 Å². The Kier molecular flexibility index (Phi) is 6.12. The van der Waals surface area contributed by atoms with Gasteiger partial charge in [-0.1, -0.05) is 78.9 Å². The van der Waals surface area contributed by atoms with Gasteiger partial charge in [0, 0.05) is 29.6 Å². The molecule has 4 aromatic rings. The topological polar surface area (TPSA) is 46.4 Å².